The first-order chi connectivity index (χ1) is 8.03. The largest absolute Gasteiger partial charge is 0.382 e. The van der Waals surface area contributed by atoms with E-state index in [1.807, 2.05) is 0 Å². The van der Waals surface area contributed by atoms with Gasteiger partial charge in [-0.05, 0) is 26.3 Å². The lowest BCUT2D eigenvalue weighted by Crippen LogP contribution is -2.38. The van der Waals surface area contributed by atoms with Crippen molar-refractivity contribution in [2.75, 3.05) is 13.1 Å². The highest BCUT2D eigenvalue weighted by molar-refractivity contribution is 6.31. The molecule has 0 aliphatic heterocycles. The molecule has 0 saturated heterocycles. The Balaban J connectivity index is 2.84. The van der Waals surface area contributed by atoms with Crippen molar-refractivity contribution >= 4 is 11.6 Å². The first-order valence-electron chi connectivity index (χ1n) is 6.17. The molecular weight excluding hydrogens is 238 g/mol. The first kappa shape index (κ1) is 14.5. The number of nitrogens with one attached hydrogen (secondary N) is 1. The van der Waals surface area contributed by atoms with Gasteiger partial charge in [0.1, 0.15) is 5.60 Å². The molecular formula is C12H22ClN3O. The van der Waals surface area contributed by atoms with Gasteiger partial charge in [-0.2, -0.15) is 5.10 Å². The Hall–Kier alpha value is -0.580. The summed E-state index contributed by atoms with van der Waals surface area (Å²) < 4.78 is 1.79. The van der Waals surface area contributed by atoms with Crippen molar-refractivity contribution in [1.29, 1.82) is 0 Å². The molecule has 0 fully saturated rings. The van der Waals surface area contributed by atoms with Crippen LogP contribution in [0.1, 0.15) is 39.3 Å². The number of hydrogen-bond acceptors (Lipinski definition) is 3. The fourth-order valence-corrected chi connectivity index (χ4v) is 2.22. The van der Waals surface area contributed by atoms with Crippen molar-refractivity contribution in [3.05, 3.63) is 16.9 Å². The van der Waals surface area contributed by atoms with E-state index in [2.05, 4.69) is 24.3 Å². The van der Waals surface area contributed by atoms with Crippen LogP contribution in [0, 0.1) is 0 Å². The lowest BCUT2D eigenvalue weighted by atomic mass is 10.0. The third kappa shape index (κ3) is 3.69. The number of hydrogen-bond donors (Lipinski definition) is 2. The van der Waals surface area contributed by atoms with E-state index in [-0.39, 0.29) is 0 Å². The van der Waals surface area contributed by atoms with Crippen LogP contribution in [-0.2, 0) is 12.1 Å². The molecule has 0 saturated carbocycles. The molecule has 0 aliphatic rings. The molecule has 17 heavy (non-hydrogen) atoms. The van der Waals surface area contributed by atoms with Crippen LogP contribution in [0.5, 0.6) is 0 Å². The Morgan fingerprint density at radius 1 is 1.47 bits per heavy atom. The second-order valence-electron chi connectivity index (χ2n) is 4.51. The molecule has 1 unspecified atom stereocenters. The molecule has 4 nitrogen and oxygen atoms in total. The van der Waals surface area contributed by atoms with Crippen LogP contribution in [0.15, 0.2) is 6.20 Å². The predicted octanol–water partition coefficient (Wildman–Crippen LogP) is 2.15. The van der Waals surface area contributed by atoms with Crippen LogP contribution in [0.25, 0.3) is 0 Å². The predicted molar refractivity (Wildman–Crippen MR) is 70.3 cm³/mol. The molecule has 0 aliphatic carbocycles. The minimum absolute atomic E-state index is 0.482. The van der Waals surface area contributed by atoms with E-state index in [1.54, 1.807) is 17.8 Å². The molecule has 98 valence electrons. The van der Waals surface area contributed by atoms with Crippen LogP contribution < -0.4 is 5.32 Å². The van der Waals surface area contributed by atoms with Gasteiger partial charge >= 0.3 is 0 Å². The second-order valence-corrected chi connectivity index (χ2v) is 4.92. The van der Waals surface area contributed by atoms with Crippen molar-refractivity contribution in [3.8, 4) is 0 Å². The fourth-order valence-electron chi connectivity index (χ4n) is 1.87. The van der Waals surface area contributed by atoms with Gasteiger partial charge in [0, 0.05) is 13.1 Å². The zero-order chi connectivity index (χ0) is 12.9. The third-order valence-electron chi connectivity index (χ3n) is 2.64. The molecule has 1 aromatic heterocycles. The summed E-state index contributed by atoms with van der Waals surface area (Å²) in [6, 6.07) is 0. The van der Waals surface area contributed by atoms with E-state index >= 15 is 0 Å². The highest BCUT2D eigenvalue weighted by Gasteiger charge is 2.29. The molecule has 0 spiro atoms. The fraction of sp³-hybridized carbons (Fsp3) is 0.750. The van der Waals surface area contributed by atoms with Crippen LogP contribution >= 0.6 is 11.6 Å². The van der Waals surface area contributed by atoms with E-state index < -0.39 is 5.60 Å². The van der Waals surface area contributed by atoms with Gasteiger partial charge in [-0.15, -0.1) is 0 Å². The maximum atomic E-state index is 10.5. The number of aliphatic hydroxyl groups is 1. The SMILES string of the molecule is CCCNCC(C)(O)c1c(Cl)cnn1CCC. The molecule has 5 heteroatoms. The van der Waals surface area contributed by atoms with Gasteiger partial charge in [0.25, 0.3) is 0 Å². The summed E-state index contributed by atoms with van der Waals surface area (Å²) >= 11 is 6.11. The quantitative estimate of drug-likeness (QED) is 0.738. The normalized spacial score (nSPS) is 14.9. The zero-order valence-corrected chi connectivity index (χ0v) is 11.6. The minimum Gasteiger partial charge on any atom is -0.382 e. The Labute approximate surface area is 108 Å². The summed E-state index contributed by atoms with van der Waals surface area (Å²) in [4.78, 5) is 0. The van der Waals surface area contributed by atoms with Gasteiger partial charge in [0.05, 0.1) is 16.9 Å². The highest BCUT2D eigenvalue weighted by atomic mass is 35.5. The molecule has 0 aromatic carbocycles. The lowest BCUT2D eigenvalue weighted by molar-refractivity contribution is 0.0477. The average Bonchev–Trinajstić information content (AvgIpc) is 2.61. The number of halogens is 1. The highest BCUT2D eigenvalue weighted by Crippen LogP contribution is 2.27. The van der Waals surface area contributed by atoms with Crippen molar-refractivity contribution in [2.45, 2.75) is 45.8 Å². The standard InChI is InChI=1S/C12H22ClN3O/c1-4-6-14-9-12(3,17)11-10(13)8-15-16(11)7-5-2/h8,14,17H,4-7,9H2,1-3H3. The Kier molecular flexibility index (Phi) is 5.43. The maximum absolute atomic E-state index is 10.5. The third-order valence-corrected chi connectivity index (χ3v) is 2.91. The molecule has 1 aromatic rings. The Morgan fingerprint density at radius 3 is 2.76 bits per heavy atom. The zero-order valence-electron chi connectivity index (χ0n) is 10.8. The van der Waals surface area contributed by atoms with E-state index in [0.717, 1.165) is 25.9 Å². The van der Waals surface area contributed by atoms with Crippen LogP contribution in [0.2, 0.25) is 5.02 Å². The van der Waals surface area contributed by atoms with Gasteiger partial charge < -0.3 is 10.4 Å². The molecule has 1 atom stereocenters. The van der Waals surface area contributed by atoms with Crippen molar-refractivity contribution in [2.24, 2.45) is 0 Å². The molecule has 0 bridgehead atoms. The molecule has 1 heterocycles. The average molecular weight is 260 g/mol. The summed E-state index contributed by atoms with van der Waals surface area (Å²) in [5.74, 6) is 0. The lowest BCUT2D eigenvalue weighted by Gasteiger charge is -2.25. The molecule has 2 N–H and O–H groups in total. The maximum Gasteiger partial charge on any atom is 0.117 e. The van der Waals surface area contributed by atoms with E-state index in [0.29, 0.717) is 17.3 Å². The van der Waals surface area contributed by atoms with Gasteiger partial charge in [-0.25, -0.2) is 0 Å². The minimum atomic E-state index is -0.988. The topological polar surface area (TPSA) is 50.1 Å². The summed E-state index contributed by atoms with van der Waals surface area (Å²) in [7, 11) is 0. The number of aromatic nitrogens is 2. The first-order valence-corrected chi connectivity index (χ1v) is 6.55. The summed E-state index contributed by atoms with van der Waals surface area (Å²) in [5.41, 5.74) is -0.289. The number of rotatable bonds is 7. The Morgan fingerprint density at radius 2 is 2.18 bits per heavy atom. The van der Waals surface area contributed by atoms with Crippen molar-refractivity contribution in [1.82, 2.24) is 15.1 Å². The summed E-state index contributed by atoms with van der Waals surface area (Å²) in [6.07, 6.45) is 3.60. The smallest absolute Gasteiger partial charge is 0.117 e. The molecule has 0 radical (unpaired) electrons. The van der Waals surface area contributed by atoms with E-state index in [9.17, 15) is 5.11 Å². The second kappa shape index (κ2) is 6.38. The van der Waals surface area contributed by atoms with E-state index in [4.69, 9.17) is 11.6 Å². The van der Waals surface area contributed by atoms with E-state index in [1.165, 1.54) is 0 Å². The van der Waals surface area contributed by atoms with Gasteiger partial charge in [-0.3, -0.25) is 4.68 Å². The molecule has 1 rings (SSSR count). The molecule has 0 amide bonds. The van der Waals surface area contributed by atoms with Crippen molar-refractivity contribution < 1.29 is 5.11 Å². The Bertz CT molecular complexity index is 350. The monoisotopic (exact) mass is 259 g/mol. The van der Waals surface area contributed by atoms with Gasteiger partial charge in [0.15, 0.2) is 0 Å². The number of aryl methyl sites for hydroxylation is 1. The number of nitrogens with zero attached hydrogens (tertiary/aromatic N) is 2. The van der Waals surface area contributed by atoms with Crippen molar-refractivity contribution in [3.63, 3.8) is 0 Å². The van der Waals surface area contributed by atoms with Crippen LogP contribution in [0.3, 0.4) is 0 Å². The van der Waals surface area contributed by atoms with Crippen LogP contribution in [-0.4, -0.2) is 28.0 Å². The van der Waals surface area contributed by atoms with Gasteiger partial charge in [0.2, 0.25) is 0 Å². The van der Waals surface area contributed by atoms with Crippen LogP contribution in [0.4, 0.5) is 0 Å². The summed E-state index contributed by atoms with van der Waals surface area (Å²) in [6.45, 7) is 8.07. The van der Waals surface area contributed by atoms with Gasteiger partial charge in [-0.1, -0.05) is 25.4 Å². The summed E-state index contributed by atoms with van der Waals surface area (Å²) in [5, 5.41) is 18.4.